The minimum atomic E-state index is -0.956. The highest BCUT2D eigenvalue weighted by molar-refractivity contribution is 5.88. The Bertz CT molecular complexity index is 719. The maximum absolute atomic E-state index is 11.0. The van der Waals surface area contributed by atoms with E-state index in [9.17, 15) is 4.79 Å². The van der Waals surface area contributed by atoms with E-state index in [0.29, 0.717) is 5.82 Å². The van der Waals surface area contributed by atoms with Crippen molar-refractivity contribution in [1.29, 1.82) is 0 Å². The molecule has 5 heteroatoms. The van der Waals surface area contributed by atoms with Gasteiger partial charge in [-0.3, -0.25) is 9.38 Å². The third kappa shape index (κ3) is 1.62. The van der Waals surface area contributed by atoms with Crippen LogP contribution in [0.25, 0.3) is 16.9 Å². The largest absolute Gasteiger partial charge is 0.478 e. The monoisotopic (exact) mass is 239 g/mol. The van der Waals surface area contributed by atoms with E-state index in [2.05, 4.69) is 9.97 Å². The number of carbonyl (C=O) groups is 1. The van der Waals surface area contributed by atoms with Crippen LogP contribution in [0.2, 0.25) is 0 Å². The zero-order valence-corrected chi connectivity index (χ0v) is 9.32. The predicted octanol–water partition coefficient (Wildman–Crippen LogP) is 2.09. The molecule has 0 saturated heterocycles. The maximum atomic E-state index is 11.0. The van der Waals surface area contributed by atoms with Gasteiger partial charge in [0.15, 0.2) is 0 Å². The molecule has 0 unspecified atom stereocenters. The lowest BCUT2D eigenvalue weighted by molar-refractivity contribution is 0.0696. The van der Waals surface area contributed by atoms with E-state index in [0.717, 1.165) is 11.1 Å². The first kappa shape index (κ1) is 10.5. The average molecular weight is 239 g/mol. The van der Waals surface area contributed by atoms with E-state index in [1.165, 1.54) is 0 Å². The van der Waals surface area contributed by atoms with Crippen molar-refractivity contribution in [2.24, 2.45) is 0 Å². The lowest BCUT2D eigenvalue weighted by atomic mass is 10.2. The van der Waals surface area contributed by atoms with Gasteiger partial charge >= 0.3 is 5.97 Å². The Labute approximate surface area is 102 Å². The lowest BCUT2D eigenvalue weighted by Crippen LogP contribution is -1.99. The standard InChI is InChI=1S/C13H9N3O2/c17-13(18)10-3-4-11-7-15-12(16(11)8-10)9-2-1-5-14-6-9/h1-8H,(H,17,18). The number of rotatable bonds is 2. The highest BCUT2D eigenvalue weighted by Gasteiger charge is 2.09. The second-order valence-corrected chi connectivity index (χ2v) is 3.84. The summed E-state index contributed by atoms with van der Waals surface area (Å²) >= 11 is 0. The molecular formula is C13H9N3O2. The van der Waals surface area contributed by atoms with Crippen LogP contribution in [0.15, 0.2) is 49.1 Å². The average Bonchev–Trinajstić information content (AvgIpc) is 2.82. The van der Waals surface area contributed by atoms with Crippen LogP contribution in [-0.4, -0.2) is 25.4 Å². The van der Waals surface area contributed by atoms with Crippen molar-refractivity contribution < 1.29 is 9.90 Å². The first-order valence-electron chi connectivity index (χ1n) is 5.36. The van der Waals surface area contributed by atoms with Crippen LogP contribution in [0.3, 0.4) is 0 Å². The summed E-state index contributed by atoms with van der Waals surface area (Å²) in [5.41, 5.74) is 1.92. The number of carboxylic acid groups (broad SMARTS) is 1. The topological polar surface area (TPSA) is 67.5 Å². The molecule has 1 N–H and O–H groups in total. The summed E-state index contributed by atoms with van der Waals surface area (Å²) in [5, 5.41) is 9.00. The Morgan fingerprint density at radius 2 is 2.11 bits per heavy atom. The molecule has 0 atom stereocenters. The predicted molar refractivity (Wildman–Crippen MR) is 65.4 cm³/mol. The summed E-state index contributed by atoms with van der Waals surface area (Å²) in [6.07, 6.45) is 6.64. The Hall–Kier alpha value is -2.69. The summed E-state index contributed by atoms with van der Waals surface area (Å²) < 4.78 is 1.75. The van der Waals surface area contributed by atoms with Gasteiger partial charge in [0.2, 0.25) is 0 Å². The van der Waals surface area contributed by atoms with Gasteiger partial charge in [-0.1, -0.05) is 0 Å². The number of fused-ring (bicyclic) bond motifs is 1. The lowest BCUT2D eigenvalue weighted by Gasteiger charge is -2.02. The van der Waals surface area contributed by atoms with Gasteiger partial charge in [-0.2, -0.15) is 0 Å². The Balaban J connectivity index is 2.24. The van der Waals surface area contributed by atoms with E-state index >= 15 is 0 Å². The van der Waals surface area contributed by atoms with E-state index in [1.807, 2.05) is 12.1 Å². The first-order valence-corrected chi connectivity index (χ1v) is 5.36. The molecule has 0 aliphatic carbocycles. The van der Waals surface area contributed by atoms with Gasteiger partial charge in [0.05, 0.1) is 17.3 Å². The summed E-state index contributed by atoms with van der Waals surface area (Å²) in [4.78, 5) is 19.3. The Kier molecular flexibility index (Phi) is 2.30. The second kappa shape index (κ2) is 3.96. The fourth-order valence-corrected chi connectivity index (χ4v) is 1.83. The fraction of sp³-hybridized carbons (Fsp3) is 0. The van der Waals surface area contributed by atoms with Crippen molar-refractivity contribution in [3.05, 3.63) is 54.6 Å². The smallest absolute Gasteiger partial charge is 0.337 e. The van der Waals surface area contributed by atoms with E-state index in [-0.39, 0.29) is 5.56 Å². The van der Waals surface area contributed by atoms with Gasteiger partial charge in [0.25, 0.3) is 0 Å². The molecule has 3 rings (SSSR count). The Morgan fingerprint density at radius 3 is 2.83 bits per heavy atom. The molecule has 0 bridgehead atoms. The highest BCUT2D eigenvalue weighted by Crippen LogP contribution is 2.19. The number of pyridine rings is 2. The van der Waals surface area contributed by atoms with Crippen LogP contribution in [0.4, 0.5) is 0 Å². The number of hydrogen-bond donors (Lipinski definition) is 1. The Morgan fingerprint density at radius 1 is 1.22 bits per heavy atom. The van der Waals surface area contributed by atoms with Gasteiger partial charge in [-0.05, 0) is 24.3 Å². The number of aromatic nitrogens is 3. The zero-order valence-electron chi connectivity index (χ0n) is 9.32. The molecule has 0 spiro atoms. The molecule has 3 aromatic rings. The molecular weight excluding hydrogens is 230 g/mol. The third-order valence-corrected chi connectivity index (χ3v) is 2.69. The normalized spacial score (nSPS) is 10.7. The molecule has 3 heterocycles. The molecule has 0 amide bonds. The quantitative estimate of drug-likeness (QED) is 0.743. The molecule has 18 heavy (non-hydrogen) atoms. The second-order valence-electron chi connectivity index (χ2n) is 3.84. The van der Waals surface area contributed by atoms with Crippen LogP contribution in [-0.2, 0) is 0 Å². The molecule has 0 aliphatic heterocycles. The molecule has 5 nitrogen and oxygen atoms in total. The van der Waals surface area contributed by atoms with Crippen molar-refractivity contribution >= 4 is 11.5 Å². The summed E-state index contributed by atoms with van der Waals surface area (Å²) in [6.45, 7) is 0. The fourth-order valence-electron chi connectivity index (χ4n) is 1.83. The summed E-state index contributed by atoms with van der Waals surface area (Å²) in [5.74, 6) is -0.274. The maximum Gasteiger partial charge on any atom is 0.337 e. The van der Waals surface area contributed by atoms with E-state index < -0.39 is 5.97 Å². The van der Waals surface area contributed by atoms with Gasteiger partial charge in [0.1, 0.15) is 5.82 Å². The van der Waals surface area contributed by atoms with Crippen LogP contribution in [0, 0.1) is 0 Å². The van der Waals surface area contributed by atoms with Crippen molar-refractivity contribution in [2.75, 3.05) is 0 Å². The number of nitrogens with zero attached hydrogens (tertiary/aromatic N) is 3. The van der Waals surface area contributed by atoms with Crippen molar-refractivity contribution in [3.8, 4) is 11.4 Å². The van der Waals surface area contributed by atoms with Crippen molar-refractivity contribution in [2.45, 2.75) is 0 Å². The van der Waals surface area contributed by atoms with E-state index in [4.69, 9.17) is 5.11 Å². The molecule has 0 aliphatic rings. The number of hydrogen-bond acceptors (Lipinski definition) is 3. The number of imidazole rings is 1. The number of aromatic carboxylic acids is 1. The first-order chi connectivity index (χ1) is 8.75. The molecule has 0 radical (unpaired) electrons. The van der Waals surface area contributed by atoms with Crippen LogP contribution in [0.5, 0.6) is 0 Å². The van der Waals surface area contributed by atoms with E-state index in [1.54, 1.807) is 41.3 Å². The molecule has 0 saturated carbocycles. The van der Waals surface area contributed by atoms with Crippen molar-refractivity contribution in [1.82, 2.24) is 14.4 Å². The molecule has 3 aromatic heterocycles. The van der Waals surface area contributed by atoms with Crippen LogP contribution in [0.1, 0.15) is 10.4 Å². The van der Waals surface area contributed by atoms with Gasteiger partial charge in [0, 0.05) is 24.2 Å². The molecule has 0 aromatic carbocycles. The minimum absolute atomic E-state index is 0.227. The zero-order chi connectivity index (χ0) is 12.5. The van der Waals surface area contributed by atoms with Gasteiger partial charge in [-0.25, -0.2) is 9.78 Å². The molecule has 88 valence electrons. The summed E-state index contributed by atoms with van der Waals surface area (Å²) in [6, 6.07) is 7.00. The van der Waals surface area contributed by atoms with Gasteiger partial charge < -0.3 is 5.11 Å². The SMILES string of the molecule is O=C(O)c1ccc2cnc(-c3cccnc3)n2c1. The third-order valence-electron chi connectivity index (χ3n) is 2.69. The van der Waals surface area contributed by atoms with Crippen LogP contribution < -0.4 is 0 Å². The van der Waals surface area contributed by atoms with Crippen molar-refractivity contribution in [3.63, 3.8) is 0 Å². The van der Waals surface area contributed by atoms with Gasteiger partial charge in [-0.15, -0.1) is 0 Å². The number of carboxylic acids is 1. The summed E-state index contributed by atoms with van der Waals surface area (Å²) in [7, 11) is 0. The minimum Gasteiger partial charge on any atom is -0.478 e. The van der Waals surface area contributed by atoms with Crippen LogP contribution >= 0.6 is 0 Å². The molecule has 0 fully saturated rings. The highest BCUT2D eigenvalue weighted by atomic mass is 16.4.